The molecule has 0 atom stereocenters. The van der Waals surface area contributed by atoms with Crippen molar-refractivity contribution in [3.63, 3.8) is 0 Å². The van der Waals surface area contributed by atoms with Crippen molar-refractivity contribution in [3.05, 3.63) is 72.5 Å². The standard InChI is InChI=1S/C20H20OSe/c1-2-3-14-18-20(22-17-12-8-5-9-13-17)15-19(21-18)16-10-6-4-7-11-16/h4-13,15H,2-3,14H2,1H3. The van der Waals surface area contributed by atoms with E-state index in [1.807, 2.05) is 6.07 Å². The molecule has 1 heterocycles. The van der Waals surface area contributed by atoms with Gasteiger partial charge in [-0.15, -0.1) is 0 Å². The predicted molar refractivity (Wildman–Crippen MR) is 94.2 cm³/mol. The molecule has 2 aromatic carbocycles. The van der Waals surface area contributed by atoms with Crippen LogP contribution >= 0.6 is 0 Å². The van der Waals surface area contributed by atoms with Gasteiger partial charge in [0.15, 0.2) is 0 Å². The van der Waals surface area contributed by atoms with Crippen molar-refractivity contribution in [1.29, 1.82) is 0 Å². The average Bonchev–Trinajstić information content (AvgIpc) is 2.97. The minimum atomic E-state index is 0.306. The first-order valence-electron chi connectivity index (χ1n) is 7.78. The van der Waals surface area contributed by atoms with E-state index in [0.717, 1.165) is 17.7 Å². The molecular formula is C20H20OSe. The van der Waals surface area contributed by atoms with E-state index >= 15 is 0 Å². The predicted octanol–water partition coefficient (Wildman–Crippen LogP) is 3.94. The van der Waals surface area contributed by atoms with Crippen LogP contribution in [0.2, 0.25) is 0 Å². The normalized spacial score (nSPS) is 10.8. The van der Waals surface area contributed by atoms with Gasteiger partial charge in [-0.3, -0.25) is 0 Å². The first-order valence-corrected chi connectivity index (χ1v) is 9.49. The average molecular weight is 355 g/mol. The van der Waals surface area contributed by atoms with Gasteiger partial charge in [-0.1, -0.05) is 0 Å². The summed E-state index contributed by atoms with van der Waals surface area (Å²) in [6.45, 7) is 2.23. The SMILES string of the molecule is CCCCc1oc(-c2ccccc2)cc1[Se]c1ccccc1. The van der Waals surface area contributed by atoms with Crippen LogP contribution in [0.5, 0.6) is 0 Å². The van der Waals surface area contributed by atoms with Crippen LogP contribution in [0, 0.1) is 0 Å². The van der Waals surface area contributed by atoms with Gasteiger partial charge >= 0.3 is 138 Å². The number of benzene rings is 2. The molecule has 0 unspecified atom stereocenters. The van der Waals surface area contributed by atoms with E-state index in [-0.39, 0.29) is 0 Å². The molecule has 0 saturated carbocycles. The molecule has 0 aliphatic heterocycles. The molecule has 3 aromatic rings. The van der Waals surface area contributed by atoms with Crippen molar-refractivity contribution in [2.75, 3.05) is 0 Å². The van der Waals surface area contributed by atoms with Crippen LogP contribution in [-0.4, -0.2) is 15.0 Å². The van der Waals surface area contributed by atoms with Crippen molar-refractivity contribution in [2.45, 2.75) is 26.2 Å². The van der Waals surface area contributed by atoms with Gasteiger partial charge in [-0.05, 0) is 0 Å². The molecule has 0 aliphatic rings. The molecule has 112 valence electrons. The summed E-state index contributed by atoms with van der Waals surface area (Å²) in [5.74, 6) is 2.17. The molecule has 22 heavy (non-hydrogen) atoms. The molecule has 0 radical (unpaired) electrons. The Bertz CT molecular complexity index is 701. The monoisotopic (exact) mass is 356 g/mol. The number of furan rings is 1. The van der Waals surface area contributed by atoms with Gasteiger partial charge in [-0.2, -0.15) is 0 Å². The quantitative estimate of drug-likeness (QED) is 0.611. The third-order valence-electron chi connectivity index (χ3n) is 3.56. The Balaban J connectivity index is 1.91. The Kier molecular flexibility index (Phi) is 5.15. The van der Waals surface area contributed by atoms with Crippen LogP contribution in [0.3, 0.4) is 0 Å². The summed E-state index contributed by atoms with van der Waals surface area (Å²) in [5.41, 5.74) is 1.16. The fourth-order valence-corrected chi connectivity index (χ4v) is 4.41. The Morgan fingerprint density at radius 1 is 0.909 bits per heavy atom. The van der Waals surface area contributed by atoms with Crippen LogP contribution in [0.4, 0.5) is 0 Å². The number of hydrogen-bond acceptors (Lipinski definition) is 1. The molecule has 0 N–H and O–H groups in total. The number of rotatable bonds is 6. The molecule has 1 aromatic heterocycles. The summed E-state index contributed by atoms with van der Waals surface area (Å²) in [5, 5.41) is 0. The van der Waals surface area contributed by atoms with Gasteiger partial charge in [0.25, 0.3) is 0 Å². The molecule has 0 saturated heterocycles. The number of aryl methyl sites for hydroxylation is 1. The maximum absolute atomic E-state index is 6.19. The summed E-state index contributed by atoms with van der Waals surface area (Å²) in [6.07, 6.45) is 3.41. The van der Waals surface area contributed by atoms with Crippen molar-refractivity contribution >= 4 is 23.9 Å². The second-order valence-electron chi connectivity index (χ2n) is 5.28. The van der Waals surface area contributed by atoms with E-state index in [2.05, 4.69) is 67.6 Å². The van der Waals surface area contributed by atoms with Crippen LogP contribution in [0.1, 0.15) is 25.5 Å². The third-order valence-corrected chi connectivity index (χ3v) is 5.81. The second kappa shape index (κ2) is 7.49. The molecule has 0 bridgehead atoms. The van der Waals surface area contributed by atoms with Crippen LogP contribution in [-0.2, 0) is 6.42 Å². The van der Waals surface area contributed by atoms with Gasteiger partial charge in [0, 0.05) is 0 Å². The molecular weight excluding hydrogens is 335 g/mol. The molecule has 0 amide bonds. The van der Waals surface area contributed by atoms with Gasteiger partial charge in [0.2, 0.25) is 0 Å². The van der Waals surface area contributed by atoms with Gasteiger partial charge in [0.1, 0.15) is 0 Å². The Hall–Kier alpha value is -1.76. The molecule has 3 rings (SSSR count). The summed E-state index contributed by atoms with van der Waals surface area (Å²) in [4.78, 5) is 0. The van der Waals surface area contributed by atoms with E-state index in [1.54, 1.807) is 0 Å². The topological polar surface area (TPSA) is 13.1 Å². The van der Waals surface area contributed by atoms with Crippen LogP contribution in [0.25, 0.3) is 11.3 Å². The third kappa shape index (κ3) is 3.71. The van der Waals surface area contributed by atoms with Crippen LogP contribution < -0.4 is 8.92 Å². The fraction of sp³-hybridized carbons (Fsp3) is 0.200. The maximum atomic E-state index is 6.19. The Morgan fingerprint density at radius 2 is 1.59 bits per heavy atom. The molecule has 1 nitrogen and oxygen atoms in total. The summed E-state index contributed by atoms with van der Waals surface area (Å²) in [7, 11) is 0. The summed E-state index contributed by atoms with van der Waals surface area (Å²) < 4.78 is 8.97. The number of unbranched alkanes of at least 4 members (excludes halogenated alkanes) is 1. The summed E-state index contributed by atoms with van der Waals surface area (Å²) in [6, 6.07) is 23.3. The van der Waals surface area contributed by atoms with E-state index in [1.165, 1.54) is 27.5 Å². The van der Waals surface area contributed by atoms with Gasteiger partial charge in [-0.25, -0.2) is 0 Å². The van der Waals surface area contributed by atoms with Gasteiger partial charge in [0.05, 0.1) is 0 Å². The molecule has 0 aliphatic carbocycles. The van der Waals surface area contributed by atoms with Crippen molar-refractivity contribution in [3.8, 4) is 11.3 Å². The first kappa shape index (κ1) is 15.1. The van der Waals surface area contributed by atoms with Crippen molar-refractivity contribution in [2.24, 2.45) is 0 Å². The van der Waals surface area contributed by atoms with E-state index in [9.17, 15) is 0 Å². The van der Waals surface area contributed by atoms with E-state index in [4.69, 9.17) is 4.42 Å². The Morgan fingerprint density at radius 3 is 2.27 bits per heavy atom. The minimum absolute atomic E-state index is 0.306. The first-order chi connectivity index (χ1) is 10.9. The van der Waals surface area contributed by atoms with Crippen LogP contribution in [0.15, 0.2) is 71.1 Å². The zero-order valence-electron chi connectivity index (χ0n) is 12.8. The van der Waals surface area contributed by atoms with Gasteiger partial charge < -0.3 is 0 Å². The fourth-order valence-electron chi connectivity index (χ4n) is 2.37. The zero-order valence-corrected chi connectivity index (χ0v) is 14.5. The second-order valence-corrected chi connectivity index (χ2v) is 7.62. The summed E-state index contributed by atoms with van der Waals surface area (Å²) >= 11 is 0.306. The van der Waals surface area contributed by atoms with E-state index in [0.29, 0.717) is 15.0 Å². The number of hydrogen-bond donors (Lipinski definition) is 0. The molecule has 0 fully saturated rings. The molecule has 2 heteroatoms. The van der Waals surface area contributed by atoms with Crippen molar-refractivity contribution in [1.82, 2.24) is 0 Å². The van der Waals surface area contributed by atoms with Crippen molar-refractivity contribution < 1.29 is 4.42 Å². The zero-order chi connectivity index (χ0) is 15.2. The molecule has 0 spiro atoms. The van der Waals surface area contributed by atoms with E-state index < -0.39 is 0 Å². The Labute approximate surface area is 138 Å².